The molecule has 0 saturated heterocycles. The van der Waals surface area contributed by atoms with Crippen LogP contribution in [0, 0.1) is 130 Å². The molecule has 0 fully saturated rings. The molecule has 7 aromatic carbocycles. The molecule has 0 amide bonds. The second kappa shape index (κ2) is 30.3. The van der Waals surface area contributed by atoms with Gasteiger partial charge in [0.05, 0.1) is 44.0 Å². The molecule has 44 heteroatoms. The fourth-order valence-corrected chi connectivity index (χ4v) is 13.9. The van der Waals surface area contributed by atoms with Crippen molar-refractivity contribution in [2.45, 2.75) is 47.4 Å². The van der Waals surface area contributed by atoms with Crippen LogP contribution in [0.2, 0.25) is 0 Å². The van der Waals surface area contributed by atoms with Gasteiger partial charge in [-0.1, -0.05) is 75.9 Å². The average molecular weight is 1540 g/mol. The van der Waals surface area contributed by atoms with E-state index in [0.717, 1.165) is 16.6 Å². The maximum absolute atomic E-state index is 14.9. The number of benzene rings is 7. The van der Waals surface area contributed by atoms with Gasteiger partial charge in [0.1, 0.15) is 11.6 Å². The Morgan fingerprint density at radius 2 is 0.579 bits per heavy atom. The molecule has 0 saturated carbocycles. The van der Waals surface area contributed by atoms with Crippen molar-refractivity contribution in [2.24, 2.45) is 0 Å². The molecule has 0 aliphatic carbocycles. The summed E-state index contributed by atoms with van der Waals surface area (Å²) < 4.78 is 484. The summed E-state index contributed by atoms with van der Waals surface area (Å²) in [6.45, 7) is 5.61. The van der Waals surface area contributed by atoms with Crippen LogP contribution in [0.5, 0.6) is 0 Å². The SMILES string of the molecule is Cc1cc[c-]cc1.Cc1ccc(-c2c(F)c(F)c(-c3c(F)c(F)c(C(S(=O)(=O)C(F)(F)F)S(=O)(=O)C(F)(F)F)c(F)c3F)c(F)c2F)cc1.Cc1ccc(Br)cc1.O=S(=O)([C-](c1c(F)c(F)c(-c2c(F)c(F)c(F)c(F)c2F)c(F)c1F)S(=O)(=O)C(F)(F)F)C(F)(F)F.[Li+].[Li+]. The standard InChI is InChI=1S/C22H8F14O4S2.C15F15O4S2.C7H7Br.C7H7.2Li/c1-6-2-4-7(5-3-6)8-12(23)14(25)9(15(26)13(8)24)10-16(27)18(29)11(19(30)17(10)28)20(41(37,38)21(31,32)33)42(39,40)22(34,35)36;16-4-1(2-6(18)10(22)12(24)11(23)7(2)19)5(17)9(21)3(8(4)20)13(35(31,32)14(25,26)27)36(33,34)15(28,29)30;1-6-2-4-7(8)5-3-6;1-7-5-3-2-4-6-7;;/h2-5,20H,1H3;;2-5H,1H3;3-6H,1H3;;/q;-1;;-1;2*+1. The zero-order chi connectivity index (χ0) is 72.1. The van der Waals surface area contributed by atoms with Crippen molar-refractivity contribution in [1.82, 2.24) is 0 Å². The van der Waals surface area contributed by atoms with Crippen LogP contribution in [0.15, 0.2) is 77.3 Å². The van der Waals surface area contributed by atoms with Gasteiger partial charge in [0.2, 0.25) is 30.1 Å². The van der Waals surface area contributed by atoms with Crippen LogP contribution in [0.25, 0.3) is 33.4 Å². The number of hydrogen-bond acceptors (Lipinski definition) is 8. The first-order chi connectivity index (χ1) is 42.0. The van der Waals surface area contributed by atoms with Crippen molar-refractivity contribution >= 4 is 55.3 Å². The molecule has 8 nitrogen and oxygen atoms in total. The smallest absolute Gasteiger partial charge is 0.280 e. The molecule has 0 radical (unpaired) electrons. The summed E-state index contributed by atoms with van der Waals surface area (Å²) in [6, 6.07) is 23.2. The van der Waals surface area contributed by atoms with E-state index in [1.54, 1.807) is 0 Å². The molecule has 0 aliphatic rings. The summed E-state index contributed by atoms with van der Waals surface area (Å²) in [4.78, 5) is 0. The Hall–Kier alpha value is -6.15. The normalized spacial score (nSPS) is 12.3. The Kier molecular flexibility index (Phi) is 27.1. The first-order valence-electron chi connectivity index (χ1n) is 23.0. The third kappa shape index (κ3) is 16.5. The second-order valence-corrected chi connectivity index (χ2v) is 27.0. The number of rotatable bonds is 9. The zero-order valence-corrected chi connectivity index (χ0v) is 51.1. The Bertz CT molecular complexity index is 4300. The number of alkyl halides is 12. The summed E-state index contributed by atoms with van der Waals surface area (Å²) in [7, 11) is -32.0. The molecule has 0 aromatic heterocycles. The molecular formula is C51H22BrF29Li2O8S4. The van der Waals surface area contributed by atoms with E-state index in [-0.39, 0.29) is 37.7 Å². The van der Waals surface area contributed by atoms with Gasteiger partial charge in [0.15, 0.2) is 69.8 Å². The van der Waals surface area contributed by atoms with Crippen LogP contribution >= 0.6 is 15.9 Å². The number of aryl methyl sites for hydroxylation is 3. The second-order valence-electron chi connectivity index (χ2n) is 17.7. The van der Waals surface area contributed by atoms with Crippen LogP contribution < -0.4 is 37.7 Å². The summed E-state index contributed by atoms with van der Waals surface area (Å²) in [5.74, 6) is -54.6. The fourth-order valence-electron chi connectivity index (χ4n) is 7.10. The van der Waals surface area contributed by atoms with Crippen molar-refractivity contribution in [3.05, 3.63) is 215 Å². The first-order valence-corrected chi connectivity index (χ1v) is 29.8. The zero-order valence-electron chi connectivity index (χ0n) is 46.2. The molecule has 7 aromatic rings. The van der Waals surface area contributed by atoms with Crippen LogP contribution in [0.4, 0.5) is 127 Å². The first kappa shape index (κ1) is 84.9. The van der Waals surface area contributed by atoms with E-state index in [1.165, 1.54) is 30.2 Å². The van der Waals surface area contributed by atoms with Gasteiger partial charge in [0.25, 0.3) is 19.7 Å². The predicted molar refractivity (Wildman–Crippen MR) is 267 cm³/mol. The Morgan fingerprint density at radius 3 is 0.842 bits per heavy atom. The van der Waals surface area contributed by atoms with Crippen molar-refractivity contribution in [3.63, 3.8) is 0 Å². The quantitative estimate of drug-likeness (QED) is 0.0458. The van der Waals surface area contributed by atoms with E-state index in [1.807, 2.05) is 36.4 Å². The van der Waals surface area contributed by atoms with Crippen molar-refractivity contribution in [1.29, 1.82) is 0 Å². The Balaban J connectivity index is 0.000000521. The molecule has 0 spiro atoms. The molecule has 0 N–H and O–H groups in total. The van der Waals surface area contributed by atoms with Crippen molar-refractivity contribution in [3.8, 4) is 33.4 Å². The van der Waals surface area contributed by atoms with E-state index >= 15 is 0 Å². The maximum Gasteiger partial charge on any atom is 1.00 e. The minimum Gasteiger partial charge on any atom is -0.280 e. The fraction of sp³-hybridized carbons (Fsp3) is 0.157. The van der Waals surface area contributed by atoms with Crippen LogP contribution in [-0.4, -0.2) is 55.7 Å². The van der Waals surface area contributed by atoms with Crippen molar-refractivity contribution in [2.75, 3.05) is 0 Å². The van der Waals surface area contributed by atoms with E-state index in [4.69, 9.17) is 0 Å². The summed E-state index contributed by atoms with van der Waals surface area (Å²) in [5.41, 5.74) is -45.9. The molecule has 0 unspecified atom stereocenters. The van der Waals surface area contributed by atoms with E-state index < -0.39 is 214 Å². The minimum absolute atomic E-state index is 0. The van der Waals surface area contributed by atoms with E-state index in [2.05, 4.69) is 48.0 Å². The summed E-state index contributed by atoms with van der Waals surface area (Å²) in [6.07, 6.45) is 0. The van der Waals surface area contributed by atoms with Gasteiger partial charge in [-0.15, -0.1) is 0 Å². The molecule has 95 heavy (non-hydrogen) atoms. The Morgan fingerprint density at radius 1 is 0.337 bits per heavy atom. The molecule has 0 heterocycles. The largest absolute Gasteiger partial charge is 1.00 e. The van der Waals surface area contributed by atoms with Gasteiger partial charge in [-0.05, 0) is 31.5 Å². The molecule has 510 valence electrons. The van der Waals surface area contributed by atoms with Crippen LogP contribution in [-0.2, 0) is 39.3 Å². The molecule has 7 rings (SSSR count). The number of halogens is 30. The van der Waals surface area contributed by atoms with E-state index in [9.17, 15) is 161 Å². The maximum atomic E-state index is 14.9. The van der Waals surface area contributed by atoms with Gasteiger partial charge in [-0.2, -0.15) is 88.6 Å². The molecule has 0 aliphatic heterocycles. The van der Waals surface area contributed by atoms with Crippen molar-refractivity contribution < 1.29 is 199 Å². The number of sulfone groups is 4. The predicted octanol–water partition coefficient (Wildman–Crippen LogP) is 11.2. The minimum atomic E-state index is -8.05. The van der Waals surface area contributed by atoms with Gasteiger partial charge in [0, 0.05) is 10.0 Å². The van der Waals surface area contributed by atoms with Gasteiger partial charge in [-0.3, -0.25) is 8.78 Å². The summed E-state index contributed by atoms with van der Waals surface area (Å²) >= 11 is 3.35. The van der Waals surface area contributed by atoms with Crippen LogP contribution in [0.1, 0.15) is 32.4 Å². The third-order valence-electron chi connectivity index (χ3n) is 11.5. The summed E-state index contributed by atoms with van der Waals surface area (Å²) in [5, 5.41) is 0. The monoisotopic (exact) mass is 1530 g/mol. The van der Waals surface area contributed by atoms with Gasteiger partial charge >= 0.3 is 59.8 Å². The van der Waals surface area contributed by atoms with Crippen LogP contribution in [0.3, 0.4) is 0 Å². The topological polar surface area (TPSA) is 137 Å². The van der Waals surface area contributed by atoms with Gasteiger partial charge in [-0.25, -0.2) is 99.5 Å². The average Bonchev–Trinajstić information content (AvgIpc) is 0.724. The van der Waals surface area contributed by atoms with E-state index in [0.29, 0.717) is 5.56 Å². The Labute approximate surface area is 546 Å². The molecule has 0 atom stereocenters. The third-order valence-corrected chi connectivity index (χ3v) is 20.4. The van der Waals surface area contributed by atoms with Gasteiger partial charge < -0.3 is 0 Å². The number of hydrogen-bond donors (Lipinski definition) is 0. The molecular weight excluding hydrogens is 1510 g/mol. The molecule has 0 bridgehead atoms.